The van der Waals surface area contributed by atoms with Crippen LogP contribution in [0.4, 0.5) is 11.4 Å². The monoisotopic (exact) mass is 448 g/mol. The predicted molar refractivity (Wildman–Crippen MR) is 123 cm³/mol. The van der Waals surface area contributed by atoms with E-state index in [1.165, 1.54) is 11.1 Å². The van der Waals surface area contributed by atoms with Gasteiger partial charge in [-0.15, -0.1) is 24.8 Å². The van der Waals surface area contributed by atoms with Crippen molar-refractivity contribution in [2.45, 2.75) is 37.4 Å². The van der Waals surface area contributed by atoms with Crippen molar-refractivity contribution < 1.29 is 9.59 Å². The zero-order valence-electron chi connectivity index (χ0n) is 16.5. The molecule has 8 heteroatoms. The number of nitrogens with zero attached hydrogens (tertiary/aromatic N) is 1. The fraction of sp³-hybridized carbons (Fsp3) is 0.364. The van der Waals surface area contributed by atoms with Crippen LogP contribution in [-0.2, 0) is 22.6 Å². The molecule has 1 spiro atoms. The third-order valence-electron chi connectivity index (χ3n) is 6.29. The van der Waals surface area contributed by atoms with Gasteiger partial charge in [0.2, 0.25) is 11.8 Å². The maximum absolute atomic E-state index is 13.1. The van der Waals surface area contributed by atoms with E-state index < -0.39 is 5.54 Å². The first-order chi connectivity index (χ1) is 13.6. The van der Waals surface area contributed by atoms with Gasteiger partial charge in [-0.3, -0.25) is 9.59 Å². The van der Waals surface area contributed by atoms with E-state index in [1.54, 1.807) is 0 Å². The van der Waals surface area contributed by atoms with Gasteiger partial charge in [0.1, 0.15) is 5.54 Å². The maximum Gasteiger partial charge on any atom is 0.250 e. The molecule has 3 heterocycles. The maximum atomic E-state index is 13.1. The number of carbonyl (C=O) groups is 2. The summed E-state index contributed by atoms with van der Waals surface area (Å²) in [6.07, 6.45) is 1.95. The van der Waals surface area contributed by atoms with E-state index in [1.807, 2.05) is 41.3 Å². The van der Waals surface area contributed by atoms with Crippen molar-refractivity contribution >= 4 is 48.0 Å². The number of rotatable bonds is 1. The average molecular weight is 449 g/mol. The lowest BCUT2D eigenvalue weighted by Crippen LogP contribution is -2.60. The Hall–Kier alpha value is -2.28. The van der Waals surface area contributed by atoms with E-state index in [0.29, 0.717) is 25.9 Å². The summed E-state index contributed by atoms with van der Waals surface area (Å²) >= 11 is 0. The molecule has 0 saturated carbocycles. The fourth-order valence-electron chi connectivity index (χ4n) is 4.57. The lowest BCUT2D eigenvalue weighted by Gasteiger charge is -2.45. The minimum Gasteiger partial charge on any atom is -0.369 e. The van der Waals surface area contributed by atoms with Crippen molar-refractivity contribution in [2.75, 3.05) is 23.7 Å². The summed E-state index contributed by atoms with van der Waals surface area (Å²) in [6, 6.07) is 15.9. The van der Waals surface area contributed by atoms with Crippen molar-refractivity contribution in [2.24, 2.45) is 0 Å². The Morgan fingerprint density at radius 3 is 2.30 bits per heavy atom. The number of fused-ring (bicyclic) bond motifs is 2. The van der Waals surface area contributed by atoms with Crippen LogP contribution in [0.15, 0.2) is 48.5 Å². The van der Waals surface area contributed by atoms with E-state index in [-0.39, 0.29) is 42.7 Å². The van der Waals surface area contributed by atoms with Crippen molar-refractivity contribution in [1.29, 1.82) is 0 Å². The molecule has 0 radical (unpaired) electrons. The molecule has 2 aromatic rings. The molecule has 3 aliphatic heterocycles. The Balaban J connectivity index is 0.00000128. The quantitative estimate of drug-likeness (QED) is 0.626. The highest BCUT2D eigenvalue weighted by Gasteiger charge is 2.45. The lowest BCUT2D eigenvalue weighted by molar-refractivity contribution is -0.136. The molecule has 3 aliphatic rings. The molecule has 1 atom stereocenters. The summed E-state index contributed by atoms with van der Waals surface area (Å²) in [6.45, 7) is 1.90. The number of halogens is 2. The molecule has 1 fully saturated rings. The number of amides is 2. The van der Waals surface area contributed by atoms with Crippen molar-refractivity contribution in [1.82, 2.24) is 10.2 Å². The summed E-state index contributed by atoms with van der Waals surface area (Å²) < 4.78 is 0. The van der Waals surface area contributed by atoms with Crippen molar-refractivity contribution in [3.8, 4) is 0 Å². The molecule has 30 heavy (non-hydrogen) atoms. The van der Waals surface area contributed by atoms with E-state index in [4.69, 9.17) is 0 Å². The minimum absolute atomic E-state index is 0. The van der Waals surface area contributed by atoms with Crippen LogP contribution in [0.2, 0.25) is 0 Å². The number of hydrogen-bond acceptors (Lipinski definition) is 4. The van der Waals surface area contributed by atoms with E-state index in [9.17, 15) is 9.59 Å². The second kappa shape index (κ2) is 8.84. The molecule has 2 aromatic carbocycles. The summed E-state index contributed by atoms with van der Waals surface area (Å²) in [5, 5.41) is 9.85. The van der Waals surface area contributed by atoms with Crippen molar-refractivity contribution in [3.63, 3.8) is 0 Å². The van der Waals surface area contributed by atoms with E-state index in [2.05, 4.69) is 28.1 Å². The Bertz CT molecular complexity index is 944. The van der Waals surface area contributed by atoms with Gasteiger partial charge < -0.3 is 20.9 Å². The molecule has 3 N–H and O–H groups in total. The summed E-state index contributed by atoms with van der Waals surface area (Å²) in [5.41, 5.74) is 3.66. The van der Waals surface area contributed by atoms with Crippen LogP contribution in [0.3, 0.4) is 0 Å². The molecular weight excluding hydrogens is 423 g/mol. The standard InChI is InChI=1S/C22H24N4O2.2ClH/c27-20(19-13-15-5-1-2-6-16(15)14-23-19)26-11-9-22(10-12-26)21(28)24-17-7-3-4-8-18(17)25-22;;/h1-8,19,23,25H,9-14H2,(H,24,28);2*1H/t19-;;/m1../s1. The molecule has 5 rings (SSSR count). The van der Waals surface area contributed by atoms with E-state index in [0.717, 1.165) is 24.3 Å². The zero-order valence-corrected chi connectivity index (χ0v) is 18.2. The molecule has 0 aliphatic carbocycles. The Kier molecular flexibility index (Phi) is 6.60. The van der Waals surface area contributed by atoms with Gasteiger partial charge in [-0.25, -0.2) is 0 Å². The van der Waals surface area contributed by atoms with Crippen LogP contribution in [0, 0.1) is 0 Å². The predicted octanol–water partition coefficient (Wildman–Crippen LogP) is 2.97. The molecular formula is C22H26Cl2N4O2. The van der Waals surface area contributed by atoms with Gasteiger partial charge in [-0.2, -0.15) is 0 Å². The van der Waals surface area contributed by atoms with Gasteiger partial charge in [0.15, 0.2) is 0 Å². The van der Waals surface area contributed by atoms with Gasteiger partial charge in [-0.1, -0.05) is 36.4 Å². The Labute approximate surface area is 188 Å². The van der Waals surface area contributed by atoms with Crippen LogP contribution < -0.4 is 16.0 Å². The second-order valence-corrected chi connectivity index (χ2v) is 7.94. The normalized spacial score (nSPS) is 21.1. The first kappa shape index (κ1) is 22.4. The number of nitrogens with one attached hydrogen (secondary N) is 3. The minimum atomic E-state index is -0.627. The third kappa shape index (κ3) is 3.87. The lowest BCUT2D eigenvalue weighted by atomic mass is 9.84. The van der Waals surface area contributed by atoms with Crippen LogP contribution in [0.5, 0.6) is 0 Å². The molecule has 0 aromatic heterocycles. The highest BCUT2D eigenvalue weighted by molar-refractivity contribution is 6.06. The smallest absolute Gasteiger partial charge is 0.250 e. The van der Waals surface area contributed by atoms with Crippen molar-refractivity contribution in [3.05, 3.63) is 59.7 Å². The highest BCUT2D eigenvalue weighted by atomic mass is 35.5. The number of para-hydroxylation sites is 2. The Morgan fingerprint density at radius 1 is 0.933 bits per heavy atom. The number of hydrogen-bond donors (Lipinski definition) is 3. The molecule has 0 unspecified atom stereocenters. The van der Waals surface area contributed by atoms with Crippen LogP contribution in [-0.4, -0.2) is 41.4 Å². The van der Waals surface area contributed by atoms with Gasteiger partial charge in [0.05, 0.1) is 17.4 Å². The third-order valence-corrected chi connectivity index (χ3v) is 6.29. The number of anilines is 2. The number of likely N-dealkylation sites (tertiary alicyclic amines) is 1. The summed E-state index contributed by atoms with van der Waals surface area (Å²) in [5.74, 6) is 0.143. The van der Waals surface area contributed by atoms with Crippen LogP contribution in [0.1, 0.15) is 24.0 Å². The number of piperidine rings is 1. The van der Waals surface area contributed by atoms with Gasteiger partial charge in [0, 0.05) is 19.6 Å². The Morgan fingerprint density at radius 2 is 1.57 bits per heavy atom. The molecule has 2 amide bonds. The van der Waals surface area contributed by atoms with Gasteiger partial charge >= 0.3 is 0 Å². The van der Waals surface area contributed by atoms with Crippen LogP contribution in [0.25, 0.3) is 0 Å². The number of benzene rings is 2. The fourth-order valence-corrected chi connectivity index (χ4v) is 4.57. The van der Waals surface area contributed by atoms with E-state index >= 15 is 0 Å². The molecule has 0 bridgehead atoms. The number of carbonyl (C=O) groups excluding carboxylic acids is 2. The topological polar surface area (TPSA) is 73.5 Å². The second-order valence-electron chi connectivity index (χ2n) is 7.94. The van der Waals surface area contributed by atoms with Gasteiger partial charge in [0.25, 0.3) is 0 Å². The molecule has 6 nitrogen and oxygen atoms in total. The largest absolute Gasteiger partial charge is 0.369 e. The zero-order chi connectivity index (χ0) is 19.1. The first-order valence-corrected chi connectivity index (χ1v) is 9.92. The SMILES string of the molecule is Cl.Cl.O=C([C@H]1Cc2ccccc2CN1)N1CCC2(CC1)Nc1ccccc1NC2=O. The highest BCUT2D eigenvalue weighted by Crippen LogP contribution is 2.36. The molecule has 160 valence electrons. The first-order valence-electron chi connectivity index (χ1n) is 9.92. The molecule has 1 saturated heterocycles. The summed E-state index contributed by atoms with van der Waals surface area (Å²) in [7, 11) is 0. The van der Waals surface area contributed by atoms with Crippen LogP contribution >= 0.6 is 24.8 Å². The average Bonchev–Trinajstić information content (AvgIpc) is 2.74. The van der Waals surface area contributed by atoms with Gasteiger partial charge in [-0.05, 0) is 42.5 Å². The summed E-state index contributed by atoms with van der Waals surface area (Å²) in [4.78, 5) is 27.7.